The Morgan fingerprint density at radius 3 is 2.78 bits per heavy atom. The monoisotopic (exact) mass is 254 g/mol. The van der Waals surface area contributed by atoms with Crippen molar-refractivity contribution in [3.05, 3.63) is 0 Å². The molecule has 0 bridgehead atoms. The van der Waals surface area contributed by atoms with Crippen molar-refractivity contribution in [1.29, 1.82) is 0 Å². The van der Waals surface area contributed by atoms with Gasteiger partial charge in [-0.15, -0.1) is 0 Å². The molecule has 0 aromatic carbocycles. The van der Waals surface area contributed by atoms with Crippen LogP contribution in [-0.2, 0) is 4.79 Å². The summed E-state index contributed by atoms with van der Waals surface area (Å²) in [6.07, 6.45) is 8.38. The van der Waals surface area contributed by atoms with Crippen LogP contribution in [-0.4, -0.2) is 40.1 Å². The zero-order chi connectivity index (χ0) is 13.2. The van der Waals surface area contributed by atoms with Gasteiger partial charge in [0.05, 0.1) is 0 Å². The molecule has 3 N–H and O–H groups in total. The Kier molecular flexibility index (Phi) is 4.28. The van der Waals surface area contributed by atoms with Crippen molar-refractivity contribution in [2.24, 2.45) is 5.73 Å². The van der Waals surface area contributed by atoms with E-state index in [0.717, 1.165) is 19.4 Å². The van der Waals surface area contributed by atoms with Crippen LogP contribution in [0.25, 0.3) is 0 Å². The summed E-state index contributed by atoms with van der Waals surface area (Å²) in [5.41, 5.74) is 5.07. The minimum absolute atomic E-state index is 0.368. The zero-order valence-electron chi connectivity index (χ0n) is 11.4. The van der Waals surface area contributed by atoms with Crippen LogP contribution in [0, 0.1) is 0 Å². The second kappa shape index (κ2) is 5.57. The lowest BCUT2D eigenvalue weighted by atomic mass is 9.79. The molecule has 18 heavy (non-hydrogen) atoms. The van der Waals surface area contributed by atoms with Gasteiger partial charge in [-0.3, -0.25) is 9.69 Å². The summed E-state index contributed by atoms with van der Waals surface area (Å²) in [5, 5.41) is 9.29. The van der Waals surface area contributed by atoms with Crippen molar-refractivity contribution in [1.82, 2.24) is 4.90 Å². The molecule has 4 heteroatoms. The lowest BCUT2D eigenvalue weighted by Gasteiger charge is -2.42. The van der Waals surface area contributed by atoms with Gasteiger partial charge in [-0.1, -0.05) is 12.8 Å². The van der Waals surface area contributed by atoms with Gasteiger partial charge in [0.25, 0.3) is 0 Å². The van der Waals surface area contributed by atoms with Crippen LogP contribution in [0.15, 0.2) is 0 Å². The molecule has 2 rings (SSSR count). The first-order valence-corrected chi connectivity index (χ1v) is 7.31. The highest BCUT2D eigenvalue weighted by molar-refractivity contribution is 5.78. The topological polar surface area (TPSA) is 66.6 Å². The molecule has 0 amide bonds. The molecular weight excluding hydrogens is 228 g/mol. The molecule has 0 radical (unpaired) electrons. The highest BCUT2D eigenvalue weighted by Crippen LogP contribution is 2.32. The summed E-state index contributed by atoms with van der Waals surface area (Å²) in [5.74, 6) is -0.824. The standard InChI is InChI=1S/C14H26N2O2/c1-11-6-3-2-4-9-16(11)12-7-5-8-14(15,10-12)13(17)18/h11-12H,2-10,15H2,1H3,(H,17,18). The first-order valence-electron chi connectivity index (χ1n) is 7.31. The third-order valence-corrected chi connectivity index (χ3v) is 4.76. The largest absolute Gasteiger partial charge is 0.480 e. The maximum Gasteiger partial charge on any atom is 0.323 e. The van der Waals surface area contributed by atoms with Gasteiger partial charge < -0.3 is 10.8 Å². The van der Waals surface area contributed by atoms with Crippen LogP contribution in [0.1, 0.15) is 58.3 Å². The molecule has 2 aliphatic rings. The molecule has 3 unspecified atom stereocenters. The molecule has 1 aliphatic heterocycles. The predicted octanol–water partition coefficient (Wildman–Crippen LogP) is 1.98. The summed E-state index contributed by atoms with van der Waals surface area (Å²) in [6, 6.07) is 0.946. The first kappa shape index (κ1) is 13.8. The average molecular weight is 254 g/mol. The Morgan fingerprint density at radius 2 is 2.06 bits per heavy atom. The van der Waals surface area contributed by atoms with E-state index in [9.17, 15) is 9.90 Å². The molecule has 1 saturated carbocycles. The Bertz CT molecular complexity index is 308. The van der Waals surface area contributed by atoms with Gasteiger partial charge in [-0.05, 0) is 52.0 Å². The van der Waals surface area contributed by atoms with Crippen molar-refractivity contribution in [3.63, 3.8) is 0 Å². The molecule has 0 spiro atoms. The van der Waals surface area contributed by atoms with Crippen LogP contribution in [0.5, 0.6) is 0 Å². The zero-order valence-corrected chi connectivity index (χ0v) is 11.4. The van der Waals surface area contributed by atoms with E-state index >= 15 is 0 Å². The molecule has 104 valence electrons. The first-order chi connectivity index (χ1) is 8.53. The Labute approximate surface area is 110 Å². The van der Waals surface area contributed by atoms with Gasteiger partial charge in [-0.25, -0.2) is 0 Å². The van der Waals surface area contributed by atoms with Gasteiger partial charge in [0.1, 0.15) is 5.54 Å². The van der Waals surface area contributed by atoms with E-state index in [1.165, 1.54) is 25.7 Å². The van der Waals surface area contributed by atoms with E-state index < -0.39 is 11.5 Å². The normalized spacial score (nSPS) is 39.2. The number of rotatable bonds is 2. The minimum atomic E-state index is -0.991. The quantitative estimate of drug-likeness (QED) is 0.790. The van der Waals surface area contributed by atoms with Crippen molar-refractivity contribution in [3.8, 4) is 0 Å². The molecule has 2 fully saturated rings. The fourth-order valence-corrected chi connectivity index (χ4v) is 3.59. The fourth-order valence-electron chi connectivity index (χ4n) is 3.59. The summed E-state index contributed by atoms with van der Waals surface area (Å²) in [7, 11) is 0. The Hall–Kier alpha value is -0.610. The Morgan fingerprint density at radius 1 is 1.28 bits per heavy atom. The maximum absolute atomic E-state index is 11.3. The summed E-state index contributed by atoms with van der Waals surface area (Å²) < 4.78 is 0. The number of hydrogen-bond acceptors (Lipinski definition) is 3. The van der Waals surface area contributed by atoms with E-state index in [1.54, 1.807) is 0 Å². The molecule has 0 aromatic heterocycles. The van der Waals surface area contributed by atoms with Crippen molar-refractivity contribution >= 4 is 5.97 Å². The maximum atomic E-state index is 11.3. The second-order valence-electron chi connectivity index (χ2n) is 6.15. The summed E-state index contributed by atoms with van der Waals surface area (Å²) >= 11 is 0. The summed E-state index contributed by atoms with van der Waals surface area (Å²) in [4.78, 5) is 13.8. The van der Waals surface area contributed by atoms with E-state index in [-0.39, 0.29) is 0 Å². The molecule has 1 aliphatic carbocycles. The second-order valence-corrected chi connectivity index (χ2v) is 6.15. The molecule has 1 heterocycles. The van der Waals surface area contributed by atoms with Crippen molar-refractivity contribution < 1.29 is 9.90 Å². The number of nitrogens with two attached hydrogens (primary N) is 1. The van der Waals surface area contributed by atoms with Crippen molar-refractivity contribution in [2.45, 2.75) is 75.9 Å². The third kappa shape index (κ3) is 2.86. The third-order valence-electron chi connectivity index (χ3n) is 4.76. The summed E-state index contributed by atoms with van der Waals surface area (Å²) in [6.45, 7) is 3.39. The van der Waals surface area contributed by atoms with Crippen molar-refractivity contribution in [2.75, 3.05) is 6.54 Å². The molecule has 3 atom stereocenters. The molecule has 4 nitrogen and oxygen atoms in total. The van der Waals surface area contributed by atoms with Gasteiger partial charge in [0, 0.05) is 12.1 Å². The van der Waals surface area contributed by atoms with Gasteiger partial charge in [-0.2, -0.15) is 0 Å². The van der Waals surface area contributed by atoms with E-state index in [1.807, 2.05) is 0 Å². The average Bonchev–Trinajstić information content (AvgIpc) is 2.54. The van der Waals surface area contributed by atoms with Crippen LogP contribution in [0.4, 0.5) is 0 Å². The van der Waals surface area contributed by atoms with Crippen LogP contribution in [0.3, 0.4) is 0 Å². The van der Waals surface area contributed by atoms with E-state index in [2.05, 4.69) is 11.8 Å². The Balaban J connectivity index is 2.05. The number of hydrogen-bond donors (Lipinski definition) is 2. The van der Waals surface area contributed by atoms with Gasteiger partial charge in [0.2, 0.25) is 0 Å². The SMILES string of the molecule is CC1CCCCCN1C1CCCC(N)(C(=O)O)C1. The molecule has 0 aromatic rings. The lowest BCUT2D eigenvalue weighted by molar-refractivity contribution is -0.145. The number of carboxylic acids is 1. The number of likely N-dealkylation sites (tertiary alicyclic amines) is 1. The van der Waals surface area contributed by atoms with E-state index in [4.69, 9.17) is 5.73 Å². The van der Waals surface area contributed by atoms with Crippen LogP contribution < -0.4 is 5.73 Å². The van der Waals surface area contributed by atoms with Gasteiger partial charge in [0.15, 0.2) is 0 Å². The number of carboxylic acid groups (broad SMARTS) is 1. The highest BCUT2D eigenvalue weighted by atomic mass is 16.4. The highest BCUT2D eigenvalue weighted by Gasteiger charge is 2.41. The number of nitrogens with zero attached hydrogens (tertiary/aromatic N) is 1. The fraction of sp³-hybridized carbons (Fsp3) is 0.929. The smallest absolute Gasteiger partial charge is 0.323 e. The number of carbonyl (C=O) groups is 1. The number of aliphatic carboxylic acids is 1. The van der Waals surface area contributed by atoms with Crippen LogP contribution >= 0.6 is 0 Å². The molecule has 1 saturated heterocycles. The van der Waals surface area contributed by atoms with Gasteiger partial charge >= 0.3 is 5.97 Å². The van der Waals surface area contributed by atoms with Crippen LogP contribution in [0.2, 0.25) is 0 Å². The molecular formula is C14H26N2O2. The predicted molar refractivity (Wildman–Crippen MR) is 71.4 cm³/mol. The van der Waals surface area contributed by atoms with E-state index in [0.29, 0.717) is 24.9 Å². The minimum Gasteiger partial charge on any atom is -0.480 e. The lowest BCUT2D eigenvalue weighted by Crippen LogP contribution is -2.56.